The molecule has 2 atom stereocenters. The lowest BCUT2D eigenvalue weighted by molar-refractivity contribution is -0.141. The largest absolute Gasteiger partial charge is 0.469 e. The molecule has 0 spiro atoms. The SMILES string of the molecule is COC(=O)CC(NCC1CCSC1)c1cccs1. The standard InChI is InChI=1S/C13H19NO2S2/c1-16-13(15)7-11(12-3-2-5-18-12)14-8-10-4-6-17-9-10/h2-3,5,10-11,14H,4,6-9H2,1H3. The van der Waals surface area contributed by atoms with Crippen LogP contribution in [-0.2, 0) is 9.53 Å². The first-order chi connectivity index (χ1) is 8.79. The number of carbonyl (C=O) groups excluding carboxylic acids is 1. The summed E-state index contributed by atoms with van der Waals surface area (Å²) < 4.78 is 4.77. The van der Waals surface area contributed by atoms with Crippen molar-refractivity contribution in [1.29, 1.82) is 0 Å². The van der Waals surface area contributed by atoms with Crippen LogP contribution in [0.1, 0.15) is 23.8 Å². The Morgan fingerprint density at radius 2 is 2.56 bits per heavy atom. The molecule has 1 aliphatic rings. The van der Waals surface area contributed by atoms with Gasteiger partial charge in [-0.05, 0) is 41.8 Å². The number of rotatable bonds is 6. The molecule has 1 aromatic rings. The van der Waals surface area contributed by atoms with Crippen LogP contribution in [0.4, 0.5) is 0 Å². The Labute approximate surface area is 116 Å². The second kappa shape index (κ2) is 7.16. The molecule has 2 heterocycles. The smallest absolute Gasteiger partial charge is 0.307 e. The van der Waals surface area contributed by atoms with E-state index in [9.17, 15) is 4.79 Å². The van der Waals surface area contributed by atoms with Gasteiger partial charge in [-0.3, -0.25) is 4.79 Å². The van der Waals surface area contributed by atoms with Gasteiger partial charge in [-0.1, -0.05) is 6.07 Å². The lowest BCUT2D eigenvalue weighted by atomic mass is 10.1. The molecule has 1 aliphatic heterocycles. The highest BCUT2D eigenvalue weighted by molar-refractivity contribution is 7.99. The van der Waals surface area contributed by atoms with E-state index in [-0.39, 0.29) is 12.0 Å². The van der Waals surface area contributed by atoms with Gasteiger partial charge in [0, 0.05) is 4.88 Å². The van der Waals surface area contributed by atoms with E-state index in [0.29, 0.717) is 6.42 Å². The number of nitrogens with one attached hydrogen (secondary N) is 1. The van der Waals surface area contributed by atoms with Gasteiger partial charge in [-0.2, -0.15) is 11.8 Å². The van der Waals surface area contributed by atoms with Crippen molar-refractivity contribution in [3.05, 3.63) is 22.4 Å². The molecule has 3 nitrogen and oxygen atoms in total. The highest BCUT2D eigenvalue weighted by Gasteiger charge is 2.20. The van der Waals surface area contributed by atoms with E-state index in [4.69, 9.17) is 4.74 Å². The molecular weight excluding hydrogens is 266 g/mol. The minimum absolute atomic E-state index is 0.100. The van der Waals surface area contributed by atoms with Crippen LogP contribution in [0.15, 0.2) is 17.5 Å². The Balaban J connectivity index is 1.89. The van der Waals surface area contributed by atoms with Gasteiger partial charge < -0.3 is 10.1 Å². The van der Waals surface area contributed by atoms with E-state index >= 15 is 0 Å². The monoisotopic (exact) mass is 285 g/mol. The van der Waals surface area contributed by atoms with Crippen molar-refractivity contribution in [3.8, 4) is 0 Å². The normalized spacial score (nSPS) is 20.8. The topological polar surface area (TPSA) is 38.3 Å². The first kappa shape index (κ1) is 13.9. The lowest BCUT2D eigenvalue weighted by Crippen LogP contribution is -2.29. The fraction of sp³-hybridized carbons (Fsp3) is 0.615. The van der Waals surface area contributed by atoms with Gasteiger partial charge in [-0.15, -0.1) is 11.3 Å². The highest BCUT2D eigenvalue weighted by atomic mass is 32.2. The molecule has 2 unspecified atom stereocenters. The van der Waals surface area contributed by atoms with Gasteiger partial charge in [-0.25, -0.2) is 0 Å². The van der Waals surface area contributed by atoms with E-state index in [2.05, 4.69) is 11.4 Å². The van der Waals surface area contributed by atoms with Crippen molar-refractivity contribution in [2.24, 2.45) is 5.92 Å². The summed E-state index contributed by atoms with van der Waals surface area (Å²) >= 11 is 3.71. The Kier molecular flexibility index (Phi) is 5.53. The number of thioether (sulfide) groups is 1. The molecule has 0 radical (unpaired) electrons. The summed E-state index contributed by atoms with van der Waals surface area (Å²) in [5, 5.41) is 5.57. The fourth-order valence-corrected chi connectivity index (χ4v) is 4.15. The van der Waals surface area contributed by atoms with Crippen LogP contribution in [-0.4, -0.2) is 31.1 Å². The van der Waals surface area contributed by atoms with Gasteiger partial charge in [0.25, 0.3) is 0 Å². The van der Waals surface area contributed by atoms with Crippen molar-refractivity contribution in [2.75, 3.05) is 25.2 Å². The fourth-order valence-electron chi connectivity index (χ4n) is 2.07. The predicted molar refractivity (Wildman–Crippen MR) is 77.1 cm³/mol. The van der Waals surface area contributed by atoms with Gasteiger partial charge in [0.2, 0.25) is 0 Å². The summed E-state index contributed by atoms with van der Waals surface area (Å²) in [6, 6.07) is 4.20. The third kappa shape index (κ3) is 4.00. The quantitative estimate of drug-likeness (QED) is 0.816. The first-order valence-electron chi connectivity index (χ1n) is 6.21. The third-order valence-electron chi connectivity index (χ3n) is 3.16. The van der Waals surface area contributed by atoms with Gasteiger partial charge in [0.1, 0.15) is 0 Å². The Morgan fingerprint density at radius 3 is 3.17 bits per heavy atom. The molecule has 100 valence electrons. The van der Waals surface area contributed by atoms with Crippen molar-refractivity contribution >= 4 is 29.1 Å². The zero-order valence-electron chi connectivity index (χ0n) is 10.6. The number of hydrogen-bond donors (Lipinski definition) is 1. The predicted octanol–water partition coefficient (Wildman–Crippen LogP) is 2.70. The number of esters is 1. The molecule has 1 aromatic heterocycles. The second-order valence-corrected chi connectivity index (χ2v) is 6.62. The highest BCUT2D eigenvalue weighted by Crippen LogP contribution is 2.26. The van der Waals surface area contributed by atoms with Crippen LogP contribution in [0.3, 0.4) is 0 Å². The van der Waals surface area contributed by atoms with E-state index in [1.807, 2.05) is 23.2 Å². The molecule has 0 saturated carbocycles. The molecular formula is C13H19NO2S2. The molecule has 18 heavy (non-hydrogen) atoms. The van der Waals surface area contributed by atoms with Crippen molar-refractivity contribution in [1.82, 2.24) is 5.32 Å². The van der Waals surface area contributed by atoms with Crippen molar-refractivity contribution in [2.45, 2.75) is 18.9 Å². The summed E-state index contributed by atoms with van der Waals surface area (Å²) in [5.74, 6) is 3.10. The molecule has 0 bridgehead atoms. The molecule has 0 aromatic carbocycles. The van der Waals surface area contributed by atoms with Crippen LogP contribution < -0.4 is 5.32 Å². The third-order valence-corrected chi connectivity index (χ3v) is 5.38. The maximum absolute atomic E-state index is 11.5. The van der Waals surface area contributed by atoms with E-state index < -0.39 is 0 Å². The maximum atomic E-state index is 11.5. The number of carbonyl (C=O) groups is 1. The maximum Gasteiger partial charge on any atom is 0.307 e. The van der Waals surface area contributed by atoms with Crippen LogP contribution in [0.2, 0.25) is 0 Å². The zero-order chi connectivity index (χ0) is 12.8. The van der Waals surface area contributed by atoms with Crippen LogP contribution in [0.5, 0.6) is 0 Å². The Morgan fingerprint density at radius 1 is 1.67 bits per heavy atom. The molecule has 5 heteroatoms. The average Bonchev–Trinajstić information content (AvgIpc) is 3.06. The first-order valence-corrected chi connectivity index (χ1v) is 8.24. The molecule has 1 N–H and O–H groups in total. The van der Waals surface area contributed by atoms with E-state index in [0.717, 1.165) is 12.5 Å². The van der Waals surface area contributed by atoms with Crippen LogP contribution in [0.25, 0.3) is 0 Å². The number of hydrogen-bond acceptors (Lipinski definition) is 5. The molecule has 0 aliphatic carbocycles. The van der Waals surface area contributed by atoms with Crippen molar-refractivity contribution in [3.63, 3.8) is 0 Å². The number of thiophene rings is 1. The van der Waals surface area contributed by atoms with Crippen LogP contribution in [0, 0.1) is 5.92 Å². The average molecular weight is 285 g/mol. The van der Waals surface area contributed by atoms with Gasteiger partial charge >= 0.3 is 5.97 Å². The second-order valence-electron chi connectivity index (χ2n) is 4.49. The summed E-state index contributed by atoms with van der Waals surface area (Å²) in [4.78, 5) is 12.7. The summed E-state index contributed by atoms with van der Waals surface area (Å²) in [7, 11) is 1.45. The van der Waals surface area contributed by atoms with Gasteiger partial charge in [0.05, 0.1) is 19.6 Å². The molecule has 1 saturated heterocycles. The summed E-state index contributed by atoms with van der Waals surface area (Å²) in [6.07, 6.45) is 1.70. The molecule has 2 rings (SSSR count). The minimum atomic E-state index is -0.151. The number of ether oxygens (including phenoxy) is 1. The summed E-state index contributed by atoms with van der Waals surface area (Å²) in [6.45, 7) is 0.993. The summed E-state index contributed by atoms with van der Waals surface area (Å²) in [5.41, 5.74) is 0. The van der Waals surface area contributed by atoms with E-state index in [1.165, 1.54) is 29.9 Å². The molecule has 1 fully saturated rings. The molecule has 0 amide bonds. The Bertz CT molecular complexity index is 361. The van der Waals surface area contributed by atoms with Crippen molar-refractivity contribution < 1.29 is 9.53 Å². The Hall–Kier alpha value is -0.520. The zero-order valence-corrected chi connectivity index (χ0v) is 12.2. The minimum Gasteiger partial charge on any atom is -0.469 e. The van der Waals surface area contributed by atoms with Crippen LogP contribution >= 0.6 is 23.1 Å². The van der Waals surface area contributed by atoms with E-state index in [1.54, 1.807) is 11.3 Å². The van der Waals surface area contributed by atoms with Gasteiger partial charge in [0.15, 0.2) is 0 Å². The number of methoxy groups -OCH3 is 1. The lowest BCUT2D eigenvalue weighted by Gasteiger charge is -2.18.